The number of pyridine rings is 1. The number of halogens is 1. The quantitative estimate of drug-likeness (QED) is 0.806. The fraction of sp³-hybridized carbons (Fsp3) is 0. The molecule has 0 aliphatic rings. The lowest BCUT2D eigenvalue weighted by Gasteiger charge is -1.90. The predicted octanol–water partition coefficient (Wildman–Crippen LogP) is 2.23. The van der Waals surface area contributed by atoms with E-state index in [0.29, 0.717) is 0 Å². The van der Waals surface area contributed by atoms with Crippen LogP contribution in [0.1, 0.15) is 0 Å². The standard InChI is InChI=1S/C8H6BrN3/c9-8-5-7(11-12-8)6-3-1-2-4-10-6/h1-5H,(H,11,12). The van der Waals surface area contributed by atoms with E-state index in [4.69, 9.17) is 0 Å². The Balaban J connectivity index is 2.45. The Morgan fingerprint density at radius 1 is 1.25 bits per heavy atom. The highest BCUT2D eigenvalue weighted by molar-refractivity contribution is 9.10. The molecule has 0 unspecified atom stereocenters. The van der Waals surface area contributed by atoms with Crippen LogP contribution >= 0.6 is 15.9 Å². The molecule has 0 spiro atoms. The van der Waals surface area contributed by atoms with Crippen molar-refractivity contribution in [2.45, 2.75) is 0 Å². The Hall–Kier alpha value is -1.16. The number of H-pyrrole nitrogens is 1. The Labute approximate surface area is 78.0 Å². The third-order valence-electron chi connectivity index (χ3n) is 1.47. The molecule has 1 N–H and O–H groups in total. The molecular weight excluding hydrogens is 218 g/mol. The second-order valence-corrected chi connectivity index (χ2v) is 3.17. The smallest absolute Gasteiger partial charge is 0.112 e. The minimum Gasteiger partial charge on any atom is -0.271 e. The fourth-order valence-electron chi connectivity index (χ4n) is 0.944. The van der Waals surface area contributed by atoms with Gasteiger partial charge in [-0.1, -0.05) is 6.07 Å². The number of hydrogen-bond acceptors (Lipinski definition) is 2. The normalized spacial score (nSPS) is 10.1. The molecule has 0 fully saturated rings. The van der Waals surface area contributed by atoms with Gasteiger partial charge in [-0.2, -0.15) is 5.10 Å². The summed E-state index contributed by atoms with van der Waals surface area (Å²) in [6.07, 6.45) is 1.75. The molecule has 0 amide bonds. The molecule has 2 heterocycles. The van der Waals surface area contributed by atoms with Crippen molar-refractivity contribution in [1.29, 1.82) is 0 Å². The molecule has 2 aromatic rings. The summed E-state index contributed by atoms with van der Waals surface area (Å²) in [6.45, 7) is 0. The summed E-state index contributed by atoms with van der Waals surface area (Å²) in [5, 5.41) is 6.85. The van der Waals surface area contributed by atoms with Crippen molar-refractivity contribution in [3.8, 4) is 11.4 Å². The van der Waals surface area contributed by atoms with Crippen molar-refractivity contribution in [3.05, 3.63) is 35.1 Å². The van der Waals surface area contributed by atoms with E-state index in [2.05, 4.69) is 31.1 Å². The van der Waals surface area contributed by atoms with E-state index >= 15 is 0 Å². The van der Waals surface area contributed by atoms with Crippen molar-refractivity contribution in [2.75, 3.05) is 0 Å². The zero-order chi connectivity index (χ0) is 8.39. The van der Waals surface area contributed by atoms with Gasteiger partial charge >= 0.3 is 0 Å². The predicted molar refractivity (Wildman–Crippen MR) is 49.5 cm³/mol. The van der Waals surface area contributed by atoms with Gasteiger partial charge in [0.25, 0.3) is 0 Å². The first kappa shape index (κ1) is 7.49. The van der Waals surface area contributed by atoms with Crippen molar-refractivity contribution in [2.24, 2.45) is 0 Å². The van der Waals surface area contributed by atoms with Gasteiger partial charge in [-0.15, -0.1) is 0 Å². The van der Waals surface area contributed by atoms with Crippen molar-refractivity contribution >= 4 is 15.9 Å². The van der Waals surface area contributed by atoms with Gasteiger partial charge in [-0.05, 0) is 34.1 Å². The van der Waals surface area contributed by atoms with Crippen LogP contribution < -0.4 is 0 Å². The van der Waals surface area contributed by atoms with Crippen molar-refractivity contribution in [1.82, 2.24) is 15.2 Å². The molecule has 2 aromatic heterocycles. The maximum Gasteiger partial charge on any atom is 0.112 e. The lowest BCUT2D eigenvalue weighted by atomic mass is 10.3. The van der Waals surface area contributed by atoms with Gasteiger partial charge in [0.2, 0.25) is 0 Å². The molecule has 0 aromatic carbocycles. The first-order valence-electron chi connectivity index (χ1n) is 3.48. The second-order valence-electron chi connectivity index (χ2n) is 2.32. The fourth-order valence-corrected chi connectivity index (χ4v) is 1.25. The Kier molecular flexibility index (Phi) is 1.91. The number of rotatable bonds is 1. The summed E-state index contributed by atoms with van der Waals surface area (Å²) in [6, 6.07) is 7.63. The number of hydrogen-bond donors (Lipinski definition) is 1. The summed E-state index contributed by atoms with van der Waals surface area (Å²) in [5.74, 6) is 0. The van der Waals surface area contributed by atoms with Crippen LogP contribution in [-0.4, -0.2) is 15.2 Å². The summed E-state index contributed by atoms with van der Waals surface area (Å²) >= 11 is 3.28. The maximum absolute atomic E-state index is 4.16. The Bertz CT molecular complexity index is 369. The molecule has 0 aliphatic heterocycles. The minimum absolute atomic E-state index is 0.850. The van der Waals surface area contributed by atoms with E-state index in [0.717, 1.165) is 16.0 Å². The van der Waals surface area contributed by atoms with Gasteiger partial charge in [0.05, 0.1) is 5.69 Å². The SMILES string of the molecule is Brc1cc(-c2ccccn2)n[nH]1. The van der Waals surface area contributed by atoms with Gasteiger partial charge in [0.1, 0.15) is 10.3 Å². The minimum atomic E-state index is 0.850. The third kappa shape index (κ3) is 1.38. The summed E-state index contributed by atoms with van der Waals surface area (Å²) in [4.78, 5) is 4.16. The monoisotopic (exact) mass is 223 g/mol. The van der Waals surface area contributed by atoms with Crippen LogP contribution in [0.4, 0.5) is 0 Å². The molecule has 0 radical (unpaired) electrons. The van der Waals surface area contributed by atoms with Crippen molar-refractivity contribution in [3.63, 3.8) is 0 Å². The second kappa shape index (κ2) is 3.06. The van der Waals surface area contributed by atoms with E-state index in [1.807, 2.05) is 24.3 Å². The highest BCUT2D eigenvalue weighted by atomic mass is 79.9. The largest absolute Gasteiger partial charge is 0.271 e. The molecule has 0 bridgehead atoms. The highest BCUT2D eigenvalue weighted by Gasteiger charge is 2.01. The van der Waals surface area contributed by atoms with Crippen LogP contribution in [0.25, 0.3) is 11.4 Å². The number of nitrogens with zero attached hydrogens (tertiary/aromatic N) is 2. The molecular formula is C8H6BrN3. The average Bonchev–Trinajstić information content (AvgIpc) is 2.54. The van der Waals surface area contributed by atoms with E-state index in [9.17, 15) is 0 Å². The van der Waals surface area contributed by atoms with E-state index < -0.39 is 0 Å². The van der Waals surface area contributed by atoms with Gasteiger partial charge in [0, 0.05) is 6.20 Å². The molecule has 2 rings (SSSR count). The van der Waals surface area contributed by atoms with E-state index in [-0.39, 0.29) is 0 Å². The van der Waals surface area contributed by atoms with Crippen LogP contribution in [0, 0.1) is 0 Å². The highest BCUT2D eigenvalue weighted by Crippen LogP contribution is 2.16. The maximum atomic E-state index is 4.16. The molecule has 0 saturated carbocycles. The van der Waals surface area contributed by atoms with Gasteiger partial charge in [-0.3, -0.25) is 10.1 Å². The first-order valence-corrected chi connectivity index (χ1v) is 4.28. The zero-order valence-electron chi connectivity index (χ0n) is 6.16. The Morgan fingerprint density at radius 2 is 2.17 bits per heavy atom. The number of aromatic nitrogens is 3. The number of nitrogens with one attached hydrogen (secondary N) is 1. The zero-order valence-corrected chi connectivity index (χ0v) is 7.75. The molecule has 0 saturated heterocycles. The molecule has 60 valence electrons. The summed E-state index contributed by atoms with van der Waals surface area (Å²) in [7, 11) is 0. The lowest BCUT2D eigenvalue weighted by Crippen LogP contribution is -1.80. The molecule has 0 aliphatic carbocycles. The van der Waals surface area contributed by atoms with Crippen LogP contribution in [0.5, 0.6) is 0 Å². The number of aromatic amines is 1. The van der Waals surface area contributed by atoms with E-state index in [1.54, 1.807) is 6.20 Å². The van der Waals surface area contributed by atoms with Gasteiger partial charge in [-0.25, -0.2) is 0 Å². The molecule has 4 heteroatoms. The first-order chi connectivity index (χ1) is 5.86. The van der Waals surface area contributed by atoms with Gasteiger partial charge < -0.3 is 0 Å². The molecule has 3 nitrogen and oxygen atoms in total. The third-order valence-corrected chi connectivity index (χ3v) is 1.88. The van der Waals surface area contributed by atoms with Crippen LogP contribution in [-0.2, 0) is 0 Å². The van der Waals surface area contributed by atoms with Crippen LogP contribution in [0.3, 0.4) is 0 Å². The van der Waals surface area contributed by atoms with Crippen LogP contribution in [0.15, 0.2) is 35.1 Å². The van der Waals surface area contributed by atoms with Crippen LogP contribution in [0.2, 0.25) is 0 Å². The summed E-state index contributed by atoms with van der Waals surface area (Å²) < 4.78 is 0.864. The summed E-state index contributed by atoms with van der Waals surface area (Å²) in [5.41, 5.74) is 1.72. The molecule has 12 heavy (non-hydrogen) atoms. The Morgan fingerprint density at radius 3 is 2.75 bits per heavy atom. The lowest BCUT2D eigenvalue weighted by molar-refractivity contribution is 1.07. The molecule has 0 atom stereocenters. The van der Waals surface area contributed by atoms with Crippen molar-refractivity contribution < 1.29 is 0 Å². The van der Waals surface area contributed by atoms with Gasteiger partial charge in [0.15, 0.2) is 0 Å². The topological polar surface area (TPSA) is 41.6 Å². The van der Waals surface area contributed by atoms with E-state index in [1.165, 1.54) is 0 Å². The average molecular weight is 224 g/mol.